The van der Waals surface area contributed by atoms with Crippen LogP contribution in [0.4, 0.5) is 0 Å². The zero-order valence-corrected chi connectivity index (χ0v) is 17.0. The number of amidine groups is 1. The molecule has 1 aliphatic heterocycles. The van der Waals surface area contributed by atoms with Crippen LogP contribution >= 0.6 is 0 Å². The number of aryl methyl sites for hydroxylation is 1. The molecule has 150 valence electrons. The first-order valence-corrected chi connectivity index (χ1v) is 10.0. The van der Waals surface area contributed by atoms with Crippen LogP contribution in [0.25, 0.3) is 22.8 Å². The predicted molar refractivity (Wildman–Crippen MR) is 118 cm³/mol. The number of nitrogens with zero attached hydrogens (tertiary/aromatic N) is 3. The largest absolute Gasteiger partial charge is 0.432 e. The number of oxazole rings is 1. The maximum atomic E-state index is 5.57. The van der Waals surface area contributed by atoms with Crippen molar-refractivity contribution in [1.82, 2.24) is 20.0 Å². The van der Waals surface area contributed by atoms with Crippen LogP contribution in [0.2, 0.25) is 0 Å². The van der Waals surface area contributed by atoms with Crippen molar-refractivity contribution in [2.24, 2.45) is 4.99 Å². The van der Waals surface area contributed by atoms with Crippen LogP contribution in [0.15, 0.2) is 64.9 Å². The minimum absolute atomic E-state index is 0.352. The summed E-state index contributed by atoms with van der Waals surface area (Å²) in [6, 6.07) is 8.71. The summed E-state index contributed by atoms with van der Waals surface area (Å²) in [5, 5.41) is 6.87. The number of rotatable bonds is 5. The lowest BCUT2D eigenvalue weighted by molar-refractivity contribution is 0.459. The van der Waals surface area contributed by atoms with Crippen molar-refractivity contribution in [2.45, 2.75) is 32.7 Å². The number of allylic oxidation sites excluding steroid dienone is 2. The van der Waals surface area contributed by atoms with Crippen molar-refractivity contribution in [3.05, 3.63) is 66.7 Å². The molecule has 3 aromatic rings. The molecule has 6 heteroatoms. The van der Waals surface area contributed by atoms with Gasteiger partial charge in [0.05, 0.1) is 17.6 Å². The lowest BCUT2D eigenvalue weighted by Gasteiger charge is -2.20. The Morgan fingerprint density at radius 1 is 1.31 bits per heavy atom. The van der Waals surface area contributed by atoms with E-state index < -0.39 is 0 Å². The molecule has 0 unspecified atom stereocenters. The Morgan fingerprint density at radius 3 is 2.79 bits per heavy atom. The Hall–Kier alpha value is -3.12. The Morgan fingerprint density at radius 2 is 2.07 bits per heavy atom. The first-order chi connectivity index (χ1) is 14.2. The monoisotopic (exact) mass is 389 g/mol. The molecule has 0 saturated carbocycles. The fourth-order valence-corrected chi connectivity index (χ4v) is 3.69. The van der Waals surface area contributed by atoms with Gasteiger partial charge in [-0.1, -0.05) is 42.5 Å². The van der Waals surface area contributed by atoms with Crippen molar-refractivity contribution >= 4 is 17.4 Å². The molecule has 0 bridgehead atoms. The molecule has 0 atom stereocenters. The molecule has 0 amide bonds. The predicted octanol–water partition coefficient (Wildman–Crippen LogP) is 4.19. The van der Waals surface area contributed by atoms with Gasteiger partial charge in [0.25, 0.3) is 0 Å². The van der Waals surface area contributed by atoms with Crippen LogP contribution in [-0.4, -0.2) is 34.4 Å². The maximum absolute atomic E-state index is 5.57. The summed E-state index contributed by atoms with van der Waals surface area (Å²) in [6.07, 6.45) is 9.38. The SMILES string of the molecule is C=C/C=C(\NC(C)=NC1CCNCC1)c1c(-c2ccc(C)cc2)nc2occn12. The fourth-order valence-electron chi connectivity index (χ4n) is 3.69. The van der Waals surface area contributed by atoms with Crippen LogP contribution in [0.5, 0.6) is 0 Å². The van der Waals surface area contributed by atoms with Gasteiger partial charge < -0.3 is 15.1 Å². The van der Waals surface area contributed by atoms with E-state index in [1.165, 1.54) is 5.56 Å². The molecule has 6 nitrogen and oxygen atoms in total. The highest BCUT2D eigenvalue weighted by Crippen LogP contribution is 2.29. The zero-order valence-electron chi connectivity index (χ0n) is 17.0. The molecule has 1 aromatic carbocycles. The molecule has 2 N–H and O–H groups in total. The summed E-state index contributed by atoms with van der Waals surface area (Å²) in [4.78, 5) is 9.62. The third kappa shape index (κ3) is 4.17. The van der Waals surface area contributed by atoms with Gasteiger partial charge in [-0.3, -0.25) is 9.39 Å². The van der Waals surface area contributed by atoms with E-state index in [0.717, 1.165) is 54.4 Å². The van der Waals surface area contributed by atoms with Gasteiger partial charge in [0.2, 0.25) is 0 Å². The quantitative estimate of drug-likeness (QED) is 0.390. The fraction of sp³-hybridized carbons (Fsp3) is 0.304. The van der Waals surface area contributed by atoms with Gasteiger partial charge in [-0.2, -0.15) is 4.98 Å². The summed E-state index contributed by atoms with van der Waals surface area (Å²) in [5.74, 6) is 1.44. The molecule has 1 aliphatic rings. The van der Waals surface area contributed by atoms with Gasteiger partial charge in [-0.15, -0.1) is 0 Å². The highest BCUT2D eigenvalue weighted by molar-refractivity contribution is 5.92. The molecular formula is C23H27N5O. The van der Waals surface area contributed by atoms with Crippen molar-refractivity contribution in [3.8, 4) is 11.3 Å². The van der Waals surface area contributed by atoms with E-state index in [4.69, 9.17) is 14.4 Å². The van der Waals surface area contributed by atoms with E-state index in [9.17, 15) is 0 Å². The molecule has 1 saturated heterocycles. The zero-order chi connectivity index (χ0) is 20.2. The second kappa shape index (κ2) is 8.49. The summed E-state index contributed by atoms with van der Waals surface area (Å²) < 4.78 is 7.53. The smallest absolute Gasteiger partial charge is 0.306 e. The van der Waals surface area contributed by atoms with Crippen molar-refractivity contribution < 1.29 is 4.42 Å². The molecule has 0 aliphatic carbocycles. The van der Waals surface area contributed by atoms with Crippen LogP contribution < -0.4 is 10.6 Å². The van der Waals surface area contributed by atoms with Crippen molar-refractivity contribution in [2.75, 3.05) is 13.1 Å². The second-order valence-electron chi connectivity index (χ2n) is 7.37. The molecule has 0 radical (unpaired) electrons. The molecule has 29 heavy (non-hydrogen) atoms. The molecule has 3 heterocycles. The van der Waals surface area contributed by atoms with Crippen molar-refractivity contribution in [1.29, 1.82) is 0 Å². The van der Waals surface area contributed by atoms with Gasteiger partial charge >= 0.3 is 5.84 Å². The van der Waals surface area contributed by atoms with Crippen LogP contribution in [0, 0.1) is 6.92 Å². The molecular weight excluding hydrogens is 362 g/mol. The Balaban J connectivity index is 1.73. The minimum atomic E-state index is 0.352. The Labute approximate surface area is 171 Å². The number of hydrogen-bond donors (Lipinski definition) is 2. The summed E-state index contributed by atoms with van der Waals surface area (Å²) in [6.45, 7) is 10.0. The van der Waals surface area contributed by atoms with Crippen LogP contribution in [0.3, 0.4) is 0 Å². The van der Waals surface area contributed by atoms with Gasteiger partial charge in [0, 0.05) is 11.8 Å². The summed E-state index contributed by atoms with van der Waals surface area (Å²) in [7, 11) is 0. The van der Waals surface area contributed by atoms with Gasteiger partial charge in [0.15, 0.2) is 0 Å². The number of imidazole rings is 1. The normalized spacial score (nSPS) is 16.3. The molecule has 0 spiro atoms. The van der Waals surface area contributed by atoms with E-state index in [-0.39, 0.29) is 0 Å². The first-order valence-electron chi connectivity index (χ1n) is 10.0. The second-order valence-corrected chi connectivity index (χ2v) is 7.37. The molecule has 4 rings (SSSR count). The average molecular weight is 390 g/mol. The van der Waals surface area contributed by atoms with Crippen LogP contribution in [0.1, 0.15) is 31.0 Å². The van der Waals surface area contributed by atoms with Gasteiger partial charge in [0.1, 0.15) is 17.7 Å². The topological polar surface area (TPSA) is 66.9 Å². The number of aromatic nitrogens is 2. The number of nitrogens with one attached hydrogen (secondary N) is 2. The summed E-state index contributed by atoms with van der Waals surface area (Å²) in [5.41, 5.74) is 4.92. The maximum Gasteiger partial charge on any atom is 0.306 e. The number of benzene rings is 1. The highest BCUT2D eigenvalue weighted by Gasteiger charge is 2.20. The number of hydrogen-bond acceptors (Lipinski definition) is 4. The van der Waals surface area contributed by atoms with E-state index in [2.05, 4.69) is 48.4 Å². The lowest BCUT2D eigenvalue weighted by atomic mass is 10.1. The average Bonchev–Trinajstić information content (AvgIpc) is 3.30. The highest BCUT2D eigenvalue weighted by atomic mass is 16.3. The summed E-state index contributed by atoms with van der Waals surface area (Å²) >= 11 is 0. The minimum Gasteiger partial charge on any atom is -0.432 e. The Bertz CT molecular complexity index is 1050. The van der Waals surface area contributed by atoms with E-state index in [1.807, 2.05) is 23.6 Å². The van der Waals surface area contributed by atoms with Crippen LogP contribution in [-0.2, 0) is 0 Å². The molecule has 2 aromatic heterocycles. The molecule has 1 fully saturated rings. The third-order valence-electron chi connectivity index (χ3n) is 5.13. The first kappa shape index (κ1) is 19.2. The number of piperidine rings is 1. The number of fused-ring (bicyclic) bond motifs is 1. The number of aliphatic imine (C=N–C) groups is 1. The standard InChI is InChI=1S/C23H27N5O/c1-4-5-20(26-17(3)25-19-10-12-24-13-11-19)22-21(18-8-6-16(2)7-9-18)27-23-28(22)14-15-29-23/h4-9,14-15,19,24H,1,10-13H2,2-3H3,(H,25,26)/b20-5-. The lowest BCUT2D eigenvalue weighted by Crippen LogP contribution is -2.31. The Kier molecular flexibility index (Phi) is 5.62. The van der Waals surface area contributed by atoms with E-state index >= 15 is 0 Å². The van der Waals surface area contributed by atoms with E-state index in [1.54, 1.807) is 12.3 Å². The van der Waals surface area contributed by atoms with Gasteiger partial charge in [-0.05, 0) is 45.9 Å². The third-order valence-corrected chi connectivity index (χ3v) is 5.13. The van der Waals surface area contributed by atoms with Gasteiger partial charge in [-0.25, -0.2) is 0 Å². The van der Waals surface area contributed by atoms with Crippen molar-refractivity contribution in [3.63, 3.8) is 0 Å². The van der Waals surface area contributed by atoms with E-state index in [0.29, 0.717) is 11.9 Å².